The molecule has 0 saturated heterocycles. The van der Waals surface area contributed by atoms with Gasteiger partial charge in [-0.1, -0.05) is 26.0 Å². The number of hydrogen-bond acceptors (Lipinski definition) is 4. The summed E-state index contributed by atoms with van der Waals surface area (Å²) in [6.07, 6.45) is 1.53. The van der Waals surface area contributed by atoms with E-state index in [1.54, 1.807) is 0 Å². The maximum Gasteiger partial charge on any atom is 0.244 e. The summed E-state index contributed by atoms with van der Waals surface area (Å²) in [5.74, 6) is 1.11. The predicted octanol–water partition coefficient (Wildman–Crippen LogP) is 3.39. The predicted molar refractivity (Wildman–Crippen MR) is 68.7 cm³/mol. The van der Waals surface area contributed by atoms with E-state index in [9.17, 15) is 0 Å². The Morgan fingerprint density at radius 3 is 2.47 bits per heavy atom. The fourth-order valence-electron chi connectivity index (χ4n) is 1.44. The molecule has 0 amide bonds. The van der Waals surface area contributed by atoms with E-state index in [1.165, 1.54) is 11.8 Å². The molecule has 0 atom stereocenters. The Bertz CT molecular complexity index is 496. The summed E-state index contributed by atoms with van der Waals surface area (Å²) in [7, 11) is 0. The summed E-state index contributed by atoms with van der Waals surface area (Å²) < 4.78 is 0. The molecule has 1 heterocycles. The first-order valence-electron chi connectivity index (χ1n) is 5.37. The maximum absolute atomic E-state index is 5.65. The average molecular weight is 249 g/mol. The Balaban J connectivity index is 2.14. The molecule has 0 unspecified atom stereocenters. The SMILES string of the molecule is CC(C)c1ccc(Nc2cnnc(Cl)n2)cc1. The number of halogens is 1. The lowest BCUT2D eigenvalue weighted by Crippen LogP contribution is -1.97. The molecule has 2 rings (SSSR count). The van der Waals surface area contributed by atoms with Gasteiger partial charge < -0.3 is 5.32 Å². The van der Waals surface area contributed by atoms with Crippen molar-refractivity contribution in [1.29, 1.82) is 0 Å². The Morgan fingerprint density at radius 1 is 1.18 bits per heavy atom. The van der Waals surface area contributed by atoms with Crippen LogP contribution in [-0.2, 0) is 0 Å². The average Bonchev–Trinajstić information content (AvgIpc) is 2.29. The number of rotatable bonds is 3. The first-order chi connectivity index (χ1) is 8.15. The lowest BCUT2D eigenvalue weighted by Gasteiger charge is -2.08. The second kappa shape index (κ2) is 5.10. The van der Waals surface area contributed by atoms with E-state index in [0.717, 1.165) is 5.69 Å². The van der Waals surface area contributed by atoms with Crippen molar-refractivity contribution in [3.63, 3.8) is 0 Å². The normalized spacial score (nSPS) is 10.6. The van der Waals surface area contributed by atoms with Crippen molar-refractivity contribution in [1.82, 2.24) is 15.2 Å². The molecule has 1 aromatic carbocycles. The highest BCUT2D eigenvalue weighted by molar-refractivity contribution is 6.28. The zero-order valence-electron chi connectivity index (χ0n) is 9.68. The number of nitrogens with one attached hydrogen (secondary N) is 1. The van der Waals surface area contributed by atoms with Crippen LogP contribution in [0.5, 0.6) is 0 Å². The van der Waals surface area contributed by atoms with Gasteiger partial charge in [-0.05, 0) is 35.2 Å². The van der Waals surface area contributed by atoms with Crippen LogP contribution in [0.1, 0.15) is 25.3 Å². The number of aromatic nitrogens is 3. The molecule has 0 aliphatic carbocycles. The van der Waals surface area contributed by atoms with Crippen molar-refractivity contribution in [3.05, 3.63) is 41.3 Å². The molecule has 1 aromatic heterocycles. The van der Waals surface area contributed by atoms with E-state index in [-0.39, 0.29) is 5.28 Å². The van der Waals surface area contributed by atoms with E-state index in [4.69, 9.17) is 11.6 Å². The zero-order valence-corrected chi connectivity index (χ0v) is 10.4. The minimum absolute atomic E-state index is 0.133. The van der Waals surface area contributed by atoms with Crippen molar-refractivity contribution in [2.75, 3.05) is 5.32 Å². The van der Waals surface area contributed by atoms with Crippen molar-refractivity contribution >= 4 is 23.1 Å². The van der Waals surface area contributed by atoms with Gasteiger partial charge in [0, 0.05) is 5.69 Å². The van der Waals surface area contributed by atoms with E-state index < -0.39 is 0 Å². The van der Waals surface area contributed by atoms with Gasteiger partial charge in [-0.3, -0.25) is 0 Å². The van der Waals surface area contributed by atoms with Crippen LogP contribution in [0.25, 0.3) is 0 Å². The monoisotopic (exact) mass is 248 g/mol. The number of anilines is 2. The lowest BCUT2D eigenvalue weighted by molar-refractivity contribution is 0.867. The first-order valence-corrected chi connectivity index (χ1v) is 5.75. The standard InChI is InChI=1S/C12H13ClN4/c1-8(2)9-3-5-10(6-4-9)15-11-7-14-17-12(13)16-11/h3-8H,1-2H3,(H,15,16,17). The summed E-state index contributed by atoms with van der Waals surface area (Å²) in [6, 6.07) is 8.18. The van der Waals surface area contributed by atoms with E-state index in [2.05, 4.69) is 46.5 Å². The third-order valence-corrected chi connectivity index (χ3v) is 2.54. The van der Waals surface area contributed by atoms with Crippen LogP contribution >= 0.6 is 11.6 Å². The van der Waals surface area contributed by atoms with Crippen LogP contribution in [0, 0.1) is 0 Å². The molecule has 5 heteroatoms. The van der Waals surface area contributed by atoms with Crippen LogP contribution in [-0.4, -0.2) is 15.2 Å². The molecule has 2 aromatic rings. The summed E-state index contributed by atoms with van der Waals surface area (Å²) in [5, 5.41) is 10.5. The quantitative estimate of drug-likeness (QED) is 0.905. The van der Waals surface area contributed by atoms with Crippen molar-refractivity contribution in [2.24, 2.45) is 0 Å². The van der Waals surface area contributed by atoms with Gasteiger partial charge >= 0.3 is 0 Å². The van der Waals surface area contributed by atoms with Crippen molar-refractivity contribution < 1.29 is 0 Å². The van der Waals surface area contributed by atoms with Crippen LogP contribution in [0.15, 0.2) is 30.5 Å². The molecule has 0 fully saturated rings. The fraction of sp³-hybridized carbons (Fsp3) is 0.250. The summed E-state index contributed by atoms with van der Waals surface area (Å²) in [5.41, 5.74) is 2.25. The van der Waals surface area contributed by atoms with Crippen molar-refractivity contribution in [3.8, 4) is 0 Å². The highest BCUT2D eigenvalue weighted by atomic mass is 35.5. The molecule has 0 aliphatic rings. The minimum atomic E-state index is 0.133. The van der Waals surface area contributed by atoms with Gasteiger partial charge in [-0.25, -0.2) is 0 Å². The van der Waals surface area contributed by atoms with Gasteiger partial charge in [-0.15, -0.1) is 5.10 Å². The summed E-state index contributed by atoms with van der Waals surface area (Å²) >= 11 is 5.65. The van der Waals surface area contributed by atoms with Gasteiger partial charge in [-0.2, -0.15) is 10.1 Å². The second-order valence-corrected chi connectivity index (χ2v) is 4.35. The van der Waals surface area contributed by atoms with Gasteiger partial charge in [0.1, 0.15) is 0 Å². The largest absolute Gasteiger partial charge is 0.339 e. The molecule has 0 radical (unpaired) electrons. The third-order valence-electron chi connectivity index (χ3n) is 2.38. The summed E-state index contributed by atoms with van der Waals surface area (Å²) in [6.45, 7) is 4.33. The molecular weight excluding hydrogens is 236 g/mol. The molecule has 1 N–H and O–H groups in total. The van der Waals surface area contributed by atoms with Gasteiger partial charge in [0.05, 0.1) is 6.20 Å². The first kappa shape index (κ1) is 11.8. The van der Waals surface area contributed by atoms with Crippen LogP contribution in [0.2, 0.25) is 5.28 Å². The maximum atomic E-state index is 5.65. The van der Waals surface area contributed by atoms with Gasteiger partial charge in [0.2, 0.25) is 5.28 Å². The zero-order chi connectivity index (χ0) is 12.3. The van der Waals surface area contributed by atoms with E-state index in [1.807, 2.05) is 12.1 Å². The van der Waals surface area contributed by atoms with E-state index >= 15 is 0 Å². The molecule has 88 valence electrons. The third kappa shape index (κ3) is 3.14. The molecule has 0 spiro atoms. The topological polar surface area (TPSA) is 50.7 Å². The Kier molecular flexibility index (Phi) is 3.54. The van der Waals surface area contributed by atoms with Gasteiger partial charge in [0.25, 0.3) is 0 Å². The molecule has 0 aliphatic heterocycles. The molecule has 4 nitrogen and oxygen atoms in total. The summed E-state index contributed by atoms with van der Waals surface area (Å²) in [4.78, 5) is 4.01. The number of nitrogens with zero attached hydrogens (tertiary/aromatic N) is 3. The van der Waals surface area contributed by atoms with Crippen LogP contribution in [0.3, 0.4) is 0 Å². The Morgan fingerprint density at radius 2 is 1.88 bits per heavy atom. The Labute approximate surface area is 105 Å². The van der Waals surface area contributed by atoms with Gasteiger partial charge in [0.15, 0.2) is 5.82 Å². The molecule has 0 saturated carbocycles. The fourth-order valence-corrected chi connectivity index (χ4v) is 1.58. The van der Waals surface area contributed by atoms with Crippen LogP contribution < -0.4 is 5.32 Å². The molecule has 0 bridgehead atoms. The highest BCUT2D eigenvalue weighted by Gasteiger charge is 2.01. The lowest BCUT2D eigenvalue weighted by atomic mass is 10.0. The van der Waals surface area contributed by atoms with E-state index in [0.29, 0.717) is 11.7 Å². The highest BCUT2D eigenvalue weighted by Crippen LogP contribution is 2.19. The number of benzene rings is 1. The van der Waals surface area contributed by atoms with Crippen LogP contribution in [0.4, 0.5) is 11.5 Å². The Hall–Kier alpha value is -1.68. The van der Waals surface area contributed by atoms with Crippen molar-refractivity contribution in [2.45, 2.75) is 19.8 Å². The number of hydrogen-bond donors (Lipinski definition) is 1. The molecular formula is C12H13ClN4. The smallest absolute Gasteiger partial charge is 0.244 e. The second-order valence-electron chi connectivity index (χ2n) is 4.01. The minimum Gasteiger partial charge on any atom is -0.339 e. The molecule has 17 heavy (non-hydrogen) atoms.